The average Bonchev–Trinajstić information content (AvgIpc) is 2.79. The van der Waals surface area contributed by atoms with Crippen molar-refractivity contribution in [3.63, 3.8) is 0 Å². The highest BCUT2D eigenvalue weighted by molar-refractivity contribution is 7.16. The fraction of sp³-hybridized carbons (Fsp3) is 0.222. The highest BCUT2D eigenvalue weighted by Crippen LogP contribution is 2.30. The summed E-state index contributed by atoms with van der Waals surface area (Å²) in [6.07, 6.45) is 0. The van der Waals surface area contributed by atoms with Crippen molar-refractivity contribution in [1.29, 1.82) is 0 Å². The SMILES string of the molecule is CNC(c1ccsn1)c1ccc(Cl)s1. The monoisotopic (exact) mass is 244 g/mol. The van der Waals surface area contributed by atoms with E-state index in [1.807, 2.05) is 30.6 Å². The van der Waals surface area contributed by atoms with Gasteiger partial charge in [-0.05, 0) is 36.8 Å². The molecule has 0 aliphatic carbocycles. The van der Waals surface area contributed by atoms with E-state index in [2.05, 4.69) is 9.69 Å². The lowest BCUT2D eigenvalue weighted by Crippen LogP contribution is -2.16. The summed E-state index contributed by atoms with van der Waals surface area (Å²) in [5.74, 6) is 0. The van der Waals surface area contributed by atoms with Gasteiger partial charge < -0.3 is 5.32 Å². The fourth-order valence-corrected chi connectivity index (χ4v) is 3.02. The van der Waals surface area contributed by atoms with Gasteiger partial charge in [0.1, 0.15) is 0 Å². The van der Waals surface area contributed by atoms with Crippen LogP contribution >= 0.6 is 34.5 Å². The molecule has 1 unspecified atom stereocenters. The molecule has 2 heterocycles. The molecule has 0 aliphatic rings. The standard InChI is InChI=1S/C9H9ClN2S2/c1-11-9(6-4-5-13-12-6)7-2-3-8(10)14-7/h2-5,9,11H,1H3. The number of hydrogen-bond acceptors (Lipinski definition) is 4. The van der Waals surface area contributed by atoms with Crippen LogP contribution in [0.25, 0.3) is 0 Å². The van der Waals surface area contributed by atoms with Crippen molar-refractivity contribution in [1.82, 2.24) is 9.69 Å². The van der Waals surface area contributed by atoms with Gasteiger partial charge in [0.05, 0.1) is 16.1 Å². The Labute approximate surface area is 95.7 Å². The van der Waals surface area contributed by atoms with Crippen molar-refractivity contribution in [3.05, 3.63) is 38.5 Å². The van der Waals surface area contributed by atoms with E-state index in [4.69, 9.17) is 11.6 Å². The first kappa shape index (κ1) is 10.1. The summed E-state index contributed by atoms with van der Waals surface area (Å²) in [5, 5.41) is 5.21. The van der Waals surface area contributed by atoms with Gasteiger partial charge in [-0.3, -0.25) is 0 Å². The molecule has 14 heavy (non-hydrogen) atoms. The lowest BCUT2D eigenvalue weighted by molar-refractivity contribution is 0.690. The van der Waals surface area contributed by atoms with E-state index < -0.39 is 0 Å². The van der Waals surface area contributed by atoms with Crippen LogP contribution in [-0.4, -0.2) is 11.4 Å². The van der Waals surface area contributed by atoms with Crippen LogP contribution in [0.3, 0.4) is 0 Å². The van der Waals surface area contributed by atoms with Crippen LogP contribution in [0.5, 0.6) is 0 Å². The quantitative estimate of drug-likeness (QED) is 0.897. The second-order valence-electron chi connectivity index (χ2n) is 2.79. The molecule has 0 fully saturated rings. The Bertz CT molecular complexity index is 397. The lowest BCUT2D eigenvalue weighted by Gasteiger charge is -2.10. The van der Waals surface area contributed by atoms with Crippen LogP contribution in [0.4, 0.5) is 0 Å². The van der Waals surface area contributed by atoms with Crippen LogP contribution in [0.1, 0.15) is 16.6 Å². The third kappa shape index (κ3) is 1.98. The van der Waals surface area contributed by atoms with E-state index in [0.717, 1.165) is 10.0 Å². The largest absolute Gasteiger partial charge is 0.307 e. The Kier molecular flexibility index (Phi) is 3.18. The van der Waals surface area contributed by atoms with Gasteiger partial charge in [0.2, 0.25) is 0 Å². The number of hydrogen-bond donors (Lipinski definition) is 1. The Balaban J connectivity index is 2.31. The predicted octanol–water partition coefficient (Wildman–Crippen LogP) is 3.17. The zero-order valence-electron chi connectivity index (χ0n) is 7.53. The maximum atomic E-state index is 5.90. The Hall–Kier alpha value is -0.420. The summed E-state index contributed by atoms with van der Waals surface area (Å²) in [4.78, 5) is 1.20. The number of nitrogens with one attached hydrogen (secondary N) is 1. The number of rotatable bonds is 3. The van der Waals surface area contributed by atoms with E-state index in [-0.39, 0.29) is 6.04 Å². The molecular formula is C9H9ClN2S2. The maximum absolute atomic E-state index is 5.90. The van der Waals surface area contributed by atoms with E-state index in [9.17, 15) is 0 Å². The second-order valence-corrected chi connectivity index (χ2v) is 5.20. The third-order valence-electron chi connectivity index (χ3n) is 1.92. The zero-order chi connectivity index (χ0) is 9.97. The second kappa shape index (κ2) is 4.40. The summed E-state index contributed by atoms with van der Waals surface area (Å²) < 4.78 is 5.13. The van der Waals surface area contributed by atoms with Gasteiger partial charge in [-0.15, -0.1) is 11.3 Å². The summed E-state index contributed by atoms with van der Waals surface area (Å²) in [6, 6.07) is 6.14. The maximum Gasteiger partial charge on any atom is 0.0931 e. The van der Waals surface area contributed by atoms with E-state index in [0.29, 0.717) is 0 Å². The smallest absolute Gasteiger partial charge is 0.0931 e. The average molecular weight is 245 g/mol. The Morgan fingerprint density at radius 1 is 1.43 bits per heavy atom. The van der Waals surface area contributed by atoms with Crippen molar-refractivity contribution in [3.8, 4) is 0 Å². The number of thiophene rings is 1. The molecule has 0 amide bonds. The molecule has 1 N–H and O–H groups in total. The predicted molar refractivity (Wildman–Crippen MR) is 62.3 cm³/mol. The summed E-state index contributed by atoms with van der Waals surface area (Å²) in [7, 11) is 1.93. The summed E-state index contributed by atoms with van der Waals surface area (Å²) in [5.41, 5.74) is 1.05. The first-order valence-electron chi connectivity index (χ1n) is 4.14. The lowest BCUT2D eigenvalue weighted by atomic mass is 10.2. The van der Waals surface area contributed by atoms with E-state index in [1.54, 1.807) is 11.3 Å². The number of aromatic nitrogens is 1. The van der Waals surface area contributed by atoms with Gasteiger partial charge in [-0.25, -0.2) is 0 Å². The van der Waals surface area contributed by atoms with Crippen LogP contribution in [0.15, 0.2) is 23.6 Å². The molecule has 2 nitrogen and oxygen atoms in total. The fourth-order valence-electron chi connectivity index (χ4n) is 1.29. The van der Waals surface area contributed by atoms with Gasteiger partial charge in [0.25, 0.3) is 0 Å². The normalized spacial score (nSPS) is 13.0. The molecule has 74 valence electrons. The van der Waals surface area contributed by atoms with Crippen LogP contribution < -0.4 is 5.32 Å². The van der Waals surface area contributed by atoms with E-state index in [1.165, 1.54) is 16.4 Å². The minimum atomic E-state index is 0.166. The number of nitrogens with zero attached hydrogens (tertiary/aromatic N) is 1. The molecule has 0 aromatic carbocycles. The minimum absolute atomic E-state index is 0.166. The molecular weight excluding hydrogens is 236 g/mol. The molecule has 2 rings (SSSR count). The molecule has 0 saturated carbocycles. The minimum Gasteiger partial charge on any atom is -0.307 e. The Morgan fingerprint density at radius 2 is 2.29 bits per heavy atom. The van der Waals surface area contributed by atoms with Crippen molar-refractivity contribution in [2.24, 2.45) is 0 Å². The van der Waals surface area contributed by atoms with Gasteiger partial charge in [-0.1, -0.05) is 11.6 Å². The van der Waals surface area contributed by atoms with Gasteiger partial charge in [-0.2, -0.15) is 4.37 Å². The Morgan fingerprint density at radius 3 is 2.79 bits per heavy atom. The molecule has 5 heteroatoms. The van der Waals surface area contributed by atoms with Gasteiger partial charge in [0, 0.05) is 10.3 Å². The molecule has 0 radical (unpaired) electrons. The van der Waals surface area contributed by atoms with Crippen molar-refractivity contribution >= 4 is 34.5 Å². The topological polar surface area (TPSA) is 24.9 Å². The summed E-state index contributed by atoms with van der Waals surface area (Å²) in [6.45, 7) is 0. The van der Waals surface area contributed by atoms with Crippen molar-refractivity contribution in [2.45, 2.75) is 6.04 Å². The molecule has 2 aromatic rings. The van der Waals surface area contributed by atoms with Crippen LogP contribution in [-0.2, 0) is 0 Å². The van der Waals surface area contributed by atoms with Crippen LogP contribution in [0, 0.1) is 0 Å². The van der Waals surface area contributed by atoms with Gasteiger partial charge in [0.15, 0.2) is 0 Å². The van der Waals surface area contributed by atoms with E-state index >= 15 is 0 Å². The number of halogens is 1. The first-order chi connectivity index (χ1) is 6.81. The molecule has 0 bridgehead atoms. The van der Waals surface area contributed by atoms with Gasteiger partial charge >= 0.3 is 0 Å². The molecule has 2 aromatic heterocycles. The van der Waals surface area contributed by atoms with Crippen LogP contribution in [0.2, 0.25) is 4.34 Å². The molecule has 0 spiro atoms. The zero-order valence-corrected chi connectivity index (χ0v) is 9.92. The summed E-state index contributed by atoms with van der Waals surface area (Å²) >= 11 is 8.95. The molecule has 1 atom stereocenters. The first-order valence-corrected chi connectivity index (χ1v) is 6.17. The highest BCUT2D eigenvalue weighted by atomic mass is 35.5. The molecule has 0 aliphatic heterocycles. The third-order valence-corrected chi connectivity index (χ3v) is 3.79. The highest BCUT2D eigenvalue weighted by Gasteiger charge is 2.15. The van der Waals surface area contributed by atoms with Crippen molar-refractivity contribution in [2.75, 3.05) is 7.05 Å². The molecule has 0 saturated heterocycles. The van der Waals surface area contributed by atoms with Crippen molar-refractivity contribution < 1.29 is 0 Å².